The van der Waals surface area contributed by atoms with Gasteiger partial charge in [0.15, 0.2) is 0 Å². The third-order valence-electron chi connectivity index (χ3n) is 2.77. The number of nitrogen functional groups attached to an aromatic ring is 1. The standard InChI is InChI=1S/C15H11FN4O/c16-12-2-4-13(5-3-12)21-15-19-8-11(9-20-15)10-1-6-14(17)18-7-10/h1-9H,(H2,17,18). The number of ether oxygens (including phenoxy) is 1. The zero-order valence-electron chi connectivity index (χ0n) is 10.9. The van der Waals surface area contributed by atoms with Crippen LogP contribution in [0.3, 0.4) is 0 Å². The molecule has 0 bridgehead atoms. The van der Waals surface area contributed by atoms with E-state index in [-0.39, 0.29) is 11.8 Å². The van der Waals surface area contributed by atoms with Crippen molar-refractivity contribution in [1.29, 1.82) is 0 Å². The number of rotatable bonds is 3. The van der Waals surface area contributed by atoms with Crippen molar-refractivity contribution in [3.8, 4) is 22.9 Å². The number of aromatic nitrogens is 3. The fraction of sp³-hybridized carbons (Fsp3) is 0. The summed E-state index contributed by atoms with van der Waals surface area (Å²) in [7, 11) is 0. The molecule has 2 heterocycles. The lowest BCUT2D eigenvalue weighted by atomic mass is 10.1. The van der Waals surface area contributed by atoms with Gasteiger partial charge in [0, 0.05) is 29.7 Å². The second kappa shape index (κ2) is 5.54. The van der Waals surface area contributed by atoms with Crippen molar-refractivity contribution in [3.63, 3.8) is 0 Å². The molecule has 0 amide bonds. The SMILES string of the molecule is Nc1ccc(-c2cnc(Oc3ccc(F)cc3)nc2)cn1. The molecule has 0 saturated heterocycles. The highest BCUT2D eigenvalue weighted by atomic mass is 19.1. The molecule has 104 valence electrons. The first kappa shape index (κ1) is 13.0. The molecule has 21 heavy (non-hydrogen) atoms. The van der Waals surface area contributed by atoms with E-state index in [0.717, 1.165) is 11.1 Å². The lowest BCUT2D eigenvalue weighted by molar-refractivity contribution is 0.440. The Hall–Kier alpha value is -3.02. The number of halogens is 1. The maximum atomic E-state index is 12.8. The van der Waals surface area contributed by atoms with E-state index < -0.39 is 0 Å². The minimum atomic E-state index is -0.325. The van der Waals surface area contributed by atoms with Crippen LogP contribution < -0.4 is 10.5 Å². The summed E-state index contributed by atoms with van der Waals surface area (Å²) in [5.74, 6) is 0.601. The van der Waals surface area contributed by atoms with E-state index in [0.29, 0.717) is 11.6 Å². The topological polar surface area (TPSA) is 73.9 Å². The molecule has 0 spiro atoms. The van der Waals surface area contributed by atoms with Gasteiger partial charge in [0.25, 0.3) is 0 Å². The average Bonchev–Trinajstić information content (AvgIpc) is 2.51. The third kappa shape index (κ3) is 3.11. The second-order valence-corrected chi connectivity index (χ2v) is 4.28. The van der Waals surface area contributed by atoms with Crippen LogP contribution in [0, 0.1) is 5.82 Å². The molecular formula is C15H11FN4O. The van der Waals surface area contributed by atoms with Gasteiger partial charge in [-0.25, -0.2) is 19.3 Å². The number of benzene rings is 1. The highest BCUT2D eigenvalue weighted by Gasteiger charge is 2.03. The van der Waals surface area contributed by atoms with Gasteiger partial charge < -0.3 is 10.5 Å². The first-order valence-electron chi connectivity index (χ1n) is 6.18. The summed E-state index contributed by atoms with van der Waals surface area (Å²) >= 11 is 0. The van der Waals surface area contributed by atoms with Crippen molar-refractivity contribution < 1.29 is 9.13 Å². The molecule has 0 radical (unpaired) electrons. The van der Waals surface area contributed by atoms with Gasteiger partial charge in [-0.1, -0.05) is 0 Å². The number of hydrogen-bond donors (Lipinski definition) is 1. The number of hydrogen-bond acceptors (Lipinski definition) is 5. The smallest absolute Gasteiger partial charge is 0.321 e. The van der Waals surface area contributed by atoms with E-state index in [1.54, 1.807) is 24.7 Å². The van der Waals surface area contributed by atoms with Crippen LogP contribution in [0.2, 0.25) is 0 Å². The van der Waals surface area contributed by atoms with Crippen LogP contribution in [0.4, 0.5) is 10.2 Å². The zero-order valence-corrected chi connectivity index (χ0v) is 10.9. The minimum absolute atomic E-state index is 0.189. The minimum Gasteiger partial charge on any atom is -0.424 e. The van der Waals surface area contributed by atoms with E-state index in [4.69, 9.17) is 10.5 Å². The molecule has 6 heteroatoms. The Labute approximate surface area is 120 Å². The highest BCUT2D eigenvalue weighted by molar-refractivity contribution is 5.61. The van der Waals surface area contributed by atoms with Crippen molar-refractivity contribution in [3.05, 3.63) is 60.8 Å². The summed E-state index contributed by atoms with van der Waals surface area (Å²) in [5, 5.41) is 0. The summed E-state index contributed by atoms with van der Waals surface area (Å²) in [5.41, 5.74) is 7.20. The van der Waals surface area contributed by atoms with Gasteiger partial charge >= 0.3 is 6.01 Å². The van der Waals surface area contributed by atoms with Crippen molar-refractivity contribution in [1.82, 2.24) is 15.0 Å². The van der Waals surface area contributed by atoms with Crippen LogP contribution in [-0.4, -0.2) is 15.0 Å². The molecule has 0 atom stereocenters. The molecule has 0 aliphatic carbocycles. The van der Waals surface area contributed by atoms with Crippen LogP contribution in [-0.2, 0) is 0 Å². The van der Waals surface area contributed by atoms with E-state index in [9.17, 15) is 4.39 Å². The highest BCUT2D eigenvalue weighted by Crippen LogP contribution is 2.21. The lowest BCUT2D eigenvalue weighted by Gasteiger charge is -2.05. The first-order chi connectivity index (χ1) is 10.2. The Balaban J connectivity index is 1.77. The fourth-order valence-corrected chi connectivity index (χ4v) is 1.70. The van der Waals surface area contributed by atoms with Gasteiger partial charge in [-0.2, -0.15) is 0 Å². The molecule has 5 nitrogen and oxygen atoms in total. The van der Waals surface area contributed by atoms with Crippen molar-refractivity contribution in [2.45, 2.75) is 0 Å². The third-order valence-corrected chi connectivity index (χ3v) is 2.77. The normalized spacial score (nSPS) is 10.3. The molecule has 0 aliphatic rings. The Bertz CT molecular complexity index is 727. The maximum Gasteiger partial charge on any atom is 0.321 e. The van der Waals surface area contributed by atoms with Crippen LogP contribution in [0.25, 0.3) is 11.1 Å². The second-order valence-electron chi connectivity index (χ2n) is 4.28. The average molecular weight is 282 g/mol. The van der Waals surface area contributed by atoms with Gasteiger partial charge in [0.05, 0.1) is 0 Å². The summed E-state index contributed by atoms with van der Waals surface area (Å²) in [4.78, 5) is 12.2. The molecule has 3 rings (SSSR count). The molecule has 0 fully saturated rings. The summed E-state index contributed by atoms with van der Waals surface area (Å²) in [6, 6.07) is 9.37. The van der Waals surface area contributed by atoms with Gasteiger partial charge in [0.1, 0.15) is 17.4 Å². The number of nitrogens with zero attached hydrogens (tertiary/aromatic N) is 3. The molecule has 3 aromatic rings. The first-order valence-corrected chi connectivity index (χ1v) is 6.18. The Morgan fingerprint density at radius 2 is 1.48 bits per heavy atom. The van der Waals surface area contributed by atoms with Gasteiger partial charge in [-0.15, -0.1) is 0 Å². The zero-order chi connectivity index (χ0) is 14.7. The summed E-state index contributed by atoms with van der Waals surface area (Å²) in [6.45, 7) is 0. The summed E-state index contributed by atoms with van der Waals surface area (Å²) < 4.78 is 18.2. The van der Waals surface area contributed by atoms with E-state index in [1.807, 2.05) is 6.07 Å². The monoisotopic (exact) mass is 282 g/mol. The quantitative estimate of drug-likeness (QED) is 0.799. The molecule has 2 N–H and O–H groups in total. The van der Waals surface area contributed by atoms with E-state index >= 15 is 0 Å². The van der Waals surface area contributed by atoms with Crippen LogP contribution in [0.1, 0.15) is 0 Å². The largest absolute Gasteiger partial charge is 0.424 e. The molecule has 0 unspecified atom stereocenters. The van der Waals surface area contributed by atoms with Crippen molar-refractivity contribution >= 4 is 5.82 Å². The number of nitrogens with two attached hydrogens (primary N) is 1. The predicted molar refractivity (Wildman–Crippen MR) is 76.1 cm³/mol. The molecule has 1 aromatic carbocycles. The van der Waals surface area contributed by atoms with Gasteiger partial charge in [-0.05, 0) is 36.4 Å². The number of anilines is 1. The van der Waals surface area contributed by atoms with Gasteiger partial charge in [0.2, 0.25) is 0 Å². The fourth-order valence-electron chi connectivity index (χ4n) is 1.70. The predicted octanol–water partition coefficient (Wildman–Crippen LogP) is 3.05. The molecular weight excluding hydrogens is 271 g/mol. The maximum absolute atomic E-state index is 12.8. The van der Waals surface area contributed by atoms with Crippen LogP contribution in [0.15, 0.2) is 55.0 Å². The van der Waals surface area contributed by atoms with Gasteiger partial charge in [-0.3, -0.25) is 0 Å². The molecule has 0 saturated carbocycles. The molecule has 0 aliphatic heterocycles. The molecule has 2 aromatic heterocycles. The Morgan fingerprint density at radius 3 is 2.10 bits per heavy atom. The van der Waals surface area contributed by atoms with E-state index in [1.165, 1.54) is 24.3 Å². The Morgan fingerprint density at radius 1 is 0.810 bits per heavy atom. The van der Waals surface area contributed by atoms with Crippen molar-refractivity contribution in [2.24, 2.45) is 0 Å². The lowest BCUT2D eigenvalue weighted by Crippen LogP contribution is -1.93. The van der Waals surface area contributed by atoms with E-state index in [2.05, 4.69) is 15.0 Å². The van der Waals surface area contributed by atoms with Crippen LogP contribution >= 0.6 is 0 Å². The summed E-state index contributed by atoms with van der Waals surface area (Å²) in [6.07, 6.45) is 4.90. The van der Waals surface area contributed by atoms with Crippen LogP contribution in [0.5, 0.6) is 11.8 Å². The van der Waals surface area contributed by atoms with Crippen molar-refractivity contribution in [2.75, 3.05) is 5.73 Å². The number of pyridine rings is 1. The Kier molecular flexibility index (Phi) is 3.42.